The van der Waals surface area contributed by atoms with E-state index >= 15 is 0 Å². The van der Waals surface area contributed by atoms with E-state index in [2.05, 4.69) is 15.1 Å². The van der Waals surface area contributed by atoms with E-state index in [-0.39, 0.29) is 6.09 Å². The summed E-state index contributed by atoms with van der Waals surface area (Å²) in [5.74, 6) is 1.08. The van der Waals surface area contributed by atoms with Gasteiger partial charge in [-0.15, -0.1) is 0 Å². The number of likely N-dealkylation sites (tertiary alicyclic amines) is 1. The van der Waals surface area contributed by atoms with Gasteiger partial charge in [-0.2, -0.15) is 0 Å². The number of hydrogen-bond acceptors (Lipinski definition) is 4. The summed E-state index contributed by atoms with van der Waals surface area (Å²) in [5, 5.41) is 3.27. The summed E-state index contributed by atoms with van der Waals surface area (Å²) in [4.78, 5) is 21.6. The molecule has 1 fully saturated rings. The van der Waals surface area contributed by atoms with E-state index in [1.54, 1.807) is 23.2 Å². The van der Waals surface area contributed by atoms with Gasteiger partial charge in [0.1, 0.15) is 12.4 Å². The number of nitrogens with zero attached hydrogens (tertiary/aromatic N) is 3. The lowest BCUT2D eigenvalue weighted by atomic mass is 9.97. The number of aromatic nitrogens is 1. The molecule has 2 heterocycles. The standard InChI is InChI=1S/C20H22N4O2/c1-21-18-8-5-11-22-19(18)23-14-16-9-12-24(13-10-16)20(25)26-15-17-6-3-2-4-7-17/h2-8,11,16H,9-10,12-15H2,(H,22,23). The maximum absolute atomic E-state index is 12.2. The fourth-order valence-electron chi connectivity index (χ4n) is 2.99. The molecule has 134 valence electrons. The molecule has 6 heteroatoms. The van der Waals surface area contributed by atoms with Crippen molar-refractivity contribution in [1.82, 2.24) is 9.88 Å². The molecule has 2 aromatic rings. The van der Waals surface area contributed by atoms with Crippen molar-refractivity contribution in [3.63, 3.8) is 0 Å². The molecule has 0 bridgehead atoms. The van der Waals surface area contributed by atoms with Crippen LogP contribution in [0.25, 0.3) is 4.85 Å². The third-order valence-electron chi connectivity index (χ3n) is 4.54. The summed E-state index contributed by atoms with van der Waals surface area (Å²) in [6.45, 7) is 9.62. The highest BCUT2D eigenvalue weighted by atomic mass is 16.6. The van der Waals surface area contributed by atoms with Crippen LogP contribution in [0, 0.1) is 12.5 Å². The van der Waals surface area contributed by atoms with Gasteiger partial charge in [0, 0.05) is 25.8 Å². The van der Waals surface area contributed by atoms with E-state index in [1.807, 2.05) is 30.3 Å². The number of carbonyl (C=O) groups excluding carboxylic acids is 1. The van der Waals surface area contributed by atoms with Crippen LogP contribution in [0.15, 0.2) is 48.7 Å². The summed E-state index contributed by atoms with van der Waals surface area (Å²) in [6.07, 6.45) is 3.25. The molecule has 1 aromatic heterocycles. The fraction of sp³-hybridized carbons (Fsp3) is 0.350. The van der Waals surface area contributed by atoms with Crippen LogP contribution in [-0.2, 0) is 11.3 Å². The van der Waals surface area contributed by atoms with E-state index in [0.29, 0.717) is 37.1 Å². The summed E-state index contributed by atoms with van der Waals surface area (Å²) >= 11 is 0. The summed E-state index contributed by atoms with van der Waals surface area (Å²) in [7, 11) is 0. The molecule has 0 unspecified atom stereocenters. The minimum absolute atomic E-state index is 0.250. The lowest BCUT2D eigenvalue weighted by Gasteiger charge is -2.31. The minimum Gasteiger partial charge on any atom is -0.445 e. The van der Waals surface area contributed by atoms with E-state index in [1.165, 1.54) is 0 Å². The number of nitrogens with one attached hydrogen (secondary N) is 1. The Bertz CT molecular complexity index is 765. The molecule has 0 atom stereocenters. The number of anilines is 1. The van der Waals surface area contributed by atoms with Crippen LogP contribution in [0.5, 0.6) is 0 Å². The maximum Gasteiger partial charge on any atom is 0.410 e. The number of piperidine rings is 1. The summed E-state index contributed by atoms with van der Waals surface area (Å²) < 4.78 is 5.39. The van der Waals surface area contributed by atoms with Crippen molar-refractivity contribution in [3.05, 3.63) is 65.6 Å². The molecular weight excluding hydrogens is 328 g/mol. The number of rotatable bonds is 5. The molecule has 6 nitrogen and oxygen atoms in total. The fourth-order valence-corrected chi connectivity index (χ4v) is 2.99. The smallest absolute Gasteiger partial charge is 0.410 e. The van der Waals surface area contributed by atoms with Gasteiger partial charge in [-0.1, -0.05) is 42.5 Å². The Balaban J connectivity index is 1.41. The van der Waals surface area contributed by atoms with Gasteiger partial charge in [-0.3, -0.25) is 4.98 Å². The van der Waals surface area contributed by atoms with Crippen LogP contribution in [0.1, 0.15) is 18.4 Å². The van der Waals surface area contributed by atoms with Gasteiger partial charge >= 0.3 is 6.09 Å². The predicted octanol–water partition coefficient (Wildman–Crippen LogP) is 4.09. The largest absolute Gasteiger partial charge is 0.445 e. The molecule has 1 aliphatic rings. The topological polar surface area (TPSA) is 58.8 Å². The highest BCUT2D eigenvalue weighted by molar-refractivity contribution is 5.67. The number of benzene rings is 1. The van der Waals surface area contributed by atoms with Crippen LogP contribution in [-0.4, -0.2) is 35.6 Å². The van der Waals surface area contributed by atoms with Crippen LogP contribution in [0.2, 0.25) is 0 Å². The van der Waals surface area contributed by atoms with Crippen molar-refractivity contribution in [2.75, 3.05) is 25.0 Å². The molecule has 0 spiro atoms. The van der Waals surface area contributed by atoms with E-state index in [0.717, 1.165) is 24.9 Å². The number of pyridine rings is 1. The molecule has 1 amide bonds. The van der Waals surface area contributed by atoms with Gasteiger partial charge in [-0.25, -0.2) is 9.64 Å². The third-order valence-corrected chi connectivity index (χ3v) is 4.54. The van der Waals surface area contributed by atoms with Gasteiger partial charge in [0.2, 0.25) is 5.69 Å². The maximum atomic E-state index is 12.2. The molecule has 0 saturated carbocycles. The molecule has 1 N–H and O–H groups in total. The number of carbonyl (C=O) groups is 1. The Hall–Kier alpha value is -3.07. The second kappa shape index (κ2) is 8.86. The number of ether oxygens (including phenoxy) is 1. The van der Waals surface area contributed by atoms with Gasteiger partial charge < -0.3 is 15.0 Å². The average molecular weight is 350 g/mol. The Morgan fingerprint density at radius 1 is 1.23 bits per heavy atom. The van der Waals surface area contributed by atoms with Crippen molar-refractivity contribution in [3.8, 4) is 0 Å². The second-order valence-electron chi connectivity index (χ2n) is 6.33. The quantitative estimate of drug-likeness (QED) is 0.825. The highest BCUT2D eigenvalue weighted by Crippen LogP contribution is 2.23. The van der Waals surface area contributed by atoms with Crippen LogP contribution < -0.4 is 5.32 Å². The summed E-state index contributed by atoms with van der Waals surface area (Å²) in [5.41, 5.74) is 1.53. The average Bonchev–Trinajstić information content (AvgIpc) is 2.72. The first-order valence-electron chi connectivity index (χ1n) is 8.78. The zero-order valence-electron chi connectivity index (χ0n) is 14.6. The van der Waals surface area contributed by atoms with Crippen LogP contribution in [0.3, 0.4) is 0 Å². The first-order valence-corrected chi connectivity index (χ1v) is 8.78. The molecule has 3 rings (SSSR count). The Kier molecular flexibility index (Phi) is 6.05. The second-order valence-corrected chi connectivity index (χ2v) is 6.33. The SMILES string of the molecule is [C-]#[N+]c1cccnc1NCC1CCN(C(=O)OCc2ccccc2)CC1. The Labute approximate surface area is 153 Å². The molecule has 1 aliphatic heterocycles. The van der Waals surface area contributed by atoms with Crippen molar-refractivity contribution in [1.29, 1.82) is 0 Å². The van der Waals surface area contributed by atoms with Gasteiger partial charge in [0.05, 0.1) is 6.57 Å². The van der Waals surface area contributed by atoms with E-state index in [4.69, 9.17) is 11.3 Å². The molecule has 0 aliphatic carbocycles. The number of hydrogen-bond donors (Lipinski definition) is 1. The van der Waals surface area contributed by atoms with Gasteiger partial charge in [0.25, 0.3) is 0 Å². The lowest BCUT2D eigenvalue weighted by Crippen LogP contribution is -2.40. The van der Waals surface area contributed by atoms with Gasteiger partial charge in [-0.05, 0) is 24.3 Å². The van der Waals surface area contributed by atoms with Gasteiger partial charge in [0.15, 0.2) is 0 Å². The molecule has 0 radical (unpaired) electrons. The van der Waals surface area contributed by atoms with Crippen molar-refractivity contribution in [2.45, 2.75) is 19.4 Å². The molecule has 1 saturated heterocycles. The highest BCUT2D eigenvalue weighted by Gasteiger charge is 2.23. The van der Waals surface area contributed by atoms with Crippen molar-refractivity contribution >= 4 is 17.6 Å². The first kappa shape index (κ1) is 17.7. The summed E-state index contributed by atoms with van der Waals surface area (Å²) in [6, 6.07) is 13.2. The number of amides is 1. The predicted molar refractivity (Wildman–Crippen MR) is 99.9 cm³/mol. The van der Waals surface area contributed by atoms with E-state index < -0.39 is 0 Å². The third kappa shape index (κ3) is 4.73. The molecule has 26 heavy (non-hydrogen) atoms. The zero-order valence-corrected chi connectivity index (χ0v) is 14.6. The Morgan fingerprint density at radius 3 is 2.73 bits per heavy atom. The van der Waals surface area contributed by atoms with E-state index in [9.17, 15) is 4.79 Å². The van der Waals surface area contributed by atoms with Crippen molar-refractivity contribution < 1.29 is 9.53 Å². The molecule has 1 aromatic carbocycles. The monoisotopic (exact) mass is 350 g/mol. The van der Waals surface area contributed by atoms with Crippen LogP contribution in [0.4, 0.5) is 16.3 Å². The molecular formula is C20H22N4O2. The normalized spacial score (nSPS) is 14.5. The van der Waals surface area contributed by atoms with Crippen molar-refractivity contribution in [2.24, 2.45) is 5.92 Å². The lowest BCUT2D eigenvalue weighted by molar-refractivity contribution is 0.0832. The van der Waals surface area contributed by atoms with Crippen LogP contribution >= 0.6 is 0 Å². The zero-order chi connectivity index (χ0) is 18.2. The minimum atomic E-state index is -0.250. The first-order chi connectivity index (χ1) is 12.8. The Morgan fingerprint density at radius 2 is 2.00 bits per heavy atom.